The van der Waals surface area contributed by atoms with Crippen LogP contribution in [0.2, 0.25) is 0 Å². The Morgan fingerprint density at radius 1 is 1.14 bits per heavy atom. The van der Waals surface area contributed by atoms with Gasteiger partial charge in [0, 0.05) is 21.9 Å². The second-order valence-electron chi connectivity index (χ2n) is 7.04. The number of fused-ring (bicyclic) bond motifs is 1. The summed E-state index contributed by atoms with van der Waals surface area (Å²) >= 11 is 3.41. The van der Waals surface area contributed by atoms with Gasteiger partial charge in [-0.05, 0) is 67.4 Å². The highest BCUT2D eigenvalue weighted by Crippen LogP contribution is 2.27. The third-order valence-electron chi connectivity index (χ3n) is 4.73. The summed E-state index contributed by atoms with van der Waals surface area (Å²) in [6, 6.07) is 16.3. The fourth-order valence-electron chi connectivity index (χ4n) is 3.32. The molecule has 2 heterocycles. The lowest BCUT2D eigenvalue weighted by molar-refractivity contribution is -0.115. The lowest BCUT2D eigenvalue weighted by Gasteiger charge is -2.09. The fourth-order valence-corrected chi connectivity index (χ4v) is 3.71. The highest BCUT2D eigenvalue weighted by Gasteiger charge is 2.18. The van der Waals surface area contributed by atoms with Crippen LogP contribution in [0.4, 0.5) is 10.1 Å². The molecule has 6 heteroatoms. The molecule has 0 fully saturated rings. The number of aryl methyl sites for hydroxylation is 2. The second kappa shape index (κ2) is 7.79. The zero-order valence-corrected chi connectivity index (χ0v) is 17.6. The number of pyridine rings is 1. The summed E-state index contributed by atoms with van der Waals surface area (Å²) in [4.78, 5) is 17.5. The van der Waals surface area contributed by atoms with Crippen LogP contribution in [0.1, 0.15) is 16.8 Å². The van der Waals surface area contributed by atoms with Gasteiger partial charge in [0.25, 0.3) is 0 Å². The van der Waals surface area contributed by atoms with E-state index in [0.717, 1.165) is 26.9 Å². The highest BCUT2D eigenvalue weighted by molar-refractivity contribution is 9.10. The van der Waals surface area contributed by atoms with E-state index in [2.05, 4.69) is 21.2 Å². The summed E-state index contributed by atoms with van der Waals surface area (Å²) in [6.45, 7) is 3.71. The molecule has 0 radical (unpaired) electrons. The average Bonchev–Trinajstić information content (AvgIpc) is 3.01. The summed E-state index contributed by atoms with van der Waals surface area (Å²) in [5, 5.41) is 2.93. The summed E-state index contributed by atoms with van der Waals surface area (Å²) in [5.41, 5.74) is 5.30. The molecule has 1 N–H and O–H groups in total. The fraction of sp³-hybridized carbons (Fsp3) is 0.130. The van der Waals surface area contributed by atoms with Crippen LogP contribution in [0.15, 0.2) is 65.3 Å². The van der Waals surface area contributed by atoms with Crippen LogP contribution in [0.5, 0.6) is 0 Å². The molecular weight excluding hydrogens is 433 g/mol. The number of nitrogens with zero attached hydrogens (tertiary/aromatic N) is 2. The second-order valence-corrected chi connectivity index (χ2v) is 7.96. The molecular formula is C23H19BrFN3O. The lowest BCUT2D eigenvalue weighted by Crippen LogP contribution is -2.16. The van der Waals surface area contributed by atoms with Gasteiger partial charge in [-0.2, -0.15) is 0 Å². The highest BCUT2D eigenvalue weighted by atomic mass is 79.9. The number of anilines is 1. The zero-order valence-electron chi connectivity index (χ0n) is 16.0. The Morgan fingerprint density at radius 3 is 2.72 bits per heavy atom. The molecule has 2 aromatic carbocycles. The summed E-state index contributed by atoms with van der Waals surface area (Å²) in [6.07, 6.45) is 2.10. The zero-order chi connectivity index (χ0) is 20.5. The van der Waals surface area contributed by atoms with Crippen molar-refractivity contribution in [2.24, 2.45) is 0 Å². The van der Waals surface area contributed by atoms with Crippen molar-refractivity contribution in [2.45, 2.75) is 20.3 Å². The topological polar surface area (TPSA) is 46.4 Å². The molecule has 0 saturated carbocycles. The van der Waals surface area contributed by atoms with Crippen molar-refractivity contribution >= 4 is 33.2 Å². The van der Waals surface area contributed by atoms with Crippen LogP contribution in [-0.4, -0.2) is 15.3 Å². The van der Waals surface area contributed by atoms with E-state index in [1.165, 1.54) is 6.07 Å². The van der Waals surface area contributed by atoms with E-state index in [1.54, 1.807) is 19.1 Å². The monoisotopic (exact) mass is 451 g/mol. The Kier molecular flexibility index (Phi) is 5.20. The first-order valence-electron chi connectivity index (χ1n) is 9.20. The normalized spacial score (nSPS) is 11.0. The van der Waals surface area contributed by atoms with E-state index < -0.39 is 0 Å². The smallest absolute Gasteiger partial charge is 0.230 e. The van der Waals surface area contributed by atoms with Crippen molar-refractivity contribution in [3.8, 4) is 11.3 Å². The minimum atomic E-state index is -0.262. The molecule has 0 bridgehead atoms. The van der Waals surface area contributed by atoms with Crippen LogP contribution in [0.3, 0.4) is 0 Å². The summed E-state index contributed by atoms with van der Waals surface area (Å²) in [5.74, 6) is -0.409. The van der Waals surface area contributed by atoms with E-state index in [-0.39, 0.29) is 18.1 Å². The van der Waals surface area contributed by atoms with Crippen molar-refractivity contribution < 1.29 is 9.18 Å². The van der Waals surface area contributed by atoms with Gasteiger partial charge in [-0.3, -0.25) is 4.79 Å². The maximum Gasteiger partial charge on any atom is 0.230 e. The van der Waals surface area contributed by atoms with Gasteiger partial charge in [0.15, 0.2) is 0 Å². The van der Waals surface area contributed by atoms with E-state index in [9.17, 15) is 9.18 Å². The molecule has 0 aliphatic rings. The molecule has 0 atom stereocenters. The predicted molar refractivity (Wildman–Crippen MR) is 117 cm³/mol. The van der Waals surface area contributed by atoms with Gasteiger partial charge >= 0.3 is 0 Å². The molecule has 146 valence electrons. The molecule has 2 aromatic heterocycles. The molecule has 1 amide bonds. The number of hydrogen-bond acceptors (Lipinski definition) is 2. The molecule has 0 spiro atoms. The minimum Gasteiger partial charge on any atom is -0.326 e. The number of carbonyl (C=O) groups is 1. The Hall–Kier alpha value is -2.99. The number of amides is 1. The molecule has 4 rings (SSSR count). The van der Waals surface area contributed by atoms with E-state index in [0.29, 0.717) is 16.9 Å². The Balaban J connectivity index is 1.75. The van der Waals surface area contributed by atoms with Crippen LogP contribution in [0, 0.1) is 19.7 Å². The Bertz CT molecular complexity index is 1230. The molecule has 29 heavy (non-hydrogen) atoms. The predicted octanol–water partition coefficient (Wildman–Crippen LogP) is 5.70. The van der Waals surface area contributed by atoms with Crippen LogP contribution >= 0.6 is 15.9 Å². The molecule has 0 unspecified atom stereocenters. The van der Waals surface area contributed by atoms with Gasteiger partial charge in [0.05, 0.1) is 17.8 Å². The molecule has 0 aliphatic carbocycles. The van der Waals surface area contributed by atoms with Crippen molar-refractivity contribution in [3.05, 3.63) is 87.9 Å². The van der Waals surface area contributed by atoms with Gasteiger partial charge in [0.1, 0.15) is 11.5 Å². The Labute approximate surface area is 176 Å². The van der Waals surface area contributed by atoms with E-state index >= 15 is 0 Å². The van der Waals surface area contributed by atoms with Gasteiger partial charge in [-0.1, -0.05) is 28.1 Å². The third-order valence-corrected chi connectivity index (χ3v) is 5.23. The van der Waals surface area contributed by atoms with E-state index in [4.69, 9.17) is 4.98 Å². The standard InChI is InChI=1S/C23H19BrFN3O/c1-14-6-9-21-27-23(16-7-8-19(25)15(2)10-16)20(28(21)13-14)12-22(29)26-18-5-3-4-17(24)11-18/h3-11,13H,12H2,1-2H3,(H,26,29). The SMILES string of the molecule is Cc1ccc2nc(-c3ccc(F)c(C)c3)c(CC(=O)Nc3cccc(Br)c3)n2c1. The number of rotatable bonds is 4. The van der Waals surface area contributed by atoms with Crippen molar-refractivity contribution in [3.63, 3.8) is 0 Å². The maximum atomic E-state index is 13.8. The first-order chi connectivity index (χ1) is 13.9. The van der Waals surface area contributed by atoms with Crippen LogP contribution in [-0.2, 0) is 11.2 Å². The lowest BCUT2D eigenvalue weighted by atomic mass is 10.1. The van der Waals surface area contributed by atoms with Crippen LogP contribution < -0.4 is 5.32 Å². The first kappa shape index (κ1) is 19.3. The summed E-state index contributed by atoms with van der Waals surface area (Å²) in [7, 11) is 0. The number of hydrogen-bond donors (Lipinski definition) is 1. The summed E-state index contributed by atoms with van der Waals surface area (Å²) < 4.78 is 16.6. The average molecular weight is 452 g/mol. The van der Waals surface area contributed by atoms with Crippen molar-refractivity contribution in [1.29, 1.82) is 0 Å². The van der Waals surface area contributed by atoms with Crippen LogP contribution in [0.25, 0.3) is 16.9 Å². The van der Waals surface area contributed by atoms with Crippen molar-refractivity contribution in [2.75, 3.05) is 5.32 Å². The molecule has 0 aliphatic heterocycles. The molecule has 4 aromatic rings. The molecule has 4 nitrogen and oxygen atoms in total. The van der Waals surface area contributed by atoms with Gasteiger partial charge in [-0.25, -0.2) is 9.37 Å². The maximum absolute atomic E-state index is 13.8. The van der Waals surface area contributed by atoms with E-state index in [1.807, 2.05) is 53.9 Å². The Morgan fingerprint density at radius 2 is 1.97 bits per heavy atom. The number of aromatic nitrogens is 2. The minimum absolute atomic E-state index is 0.142. The number of nitrogens with one attached hydrogen (secondary N) is 1. The van der Waals surface area contributed by atoms with Crippen molar-refractivity contribution in [1.82, 2.24) is 9.38 Å². The number of carbonyl (C=O) groups excluding carboxylic acids is 1. The van der Waals surface area contributed by atoms with Gasteiger partial charge < -0.3 is 9.72 Å². The van der Waals surface area contributed by atoms with Gasteiger partial charge in [0.2, 0.25) is 5.91 Å². The van der Waals surface area contributed by atoms with Gasteiger partial charge in [-0.15, -0.1) is 0 Å². The first-order valence-corrected chi connectivity index (χ1v) is 9.99. The number of benzene rings is 2. The third kappa shape index (κ3) is 4.07. The largest absolute Gasteiger partial charge is 0.326 e. The number of halogens is 2. The molecule has 0 saturated heterocycles. The quantitative estimate of drug-likeness (QED) is 0.432. The number of imidazole rings is 1.